The lowest BCUT2D eigenvalue weighted by Gasteiger charge is -2.22. The van der Waals surface area contributed by atoms with Crippen LogP contribution >= 0.6 is 0 Å². The van der Waals surface area contributed by atoms with Crippen molar-refractivity contribution >= 4 is 38.9 Å². The van der Waals surface area contributed by atoms with Gasteiger partial charge in [0.1, 0.15) is 0 Å². The van der Waals surface area contributed by atoms with Crippen molar-refractivity contribution in [3.8, 4) is 103 Å². The maximum absolute atomic E-state index is 14.9. The Morgan fingerprint density at radius 3 is 1.46 bits per heavy atom. The van der Waals surface area contributed by atoms with E-state index in [1.165, 1.54) is 30.3 Å². The highest BCUT2D eigenvalue weighted by Crippen LogP contribution is 2.48. The van der Waals surface area contributed by atoms with Crippen LogP contribution in [0.15, 0.2) is 182 Å². The molecule has 10 nitrogen and oxygen atoms in total. The SMILES string of the molecule is [C-]#[N+]c1cc(C#N)c(-c2ccc3c(c2)c2cc(-c4c(C#N)cc(C#N)cc4[N+]#[C-])ccc2n3-c2c(-c3cccc(C)c3)cc(-c3nc(-c4ccccc4)nc(-c4ccccc4)n3)cc2-c2cccc(C(F)(F)F)c2)c([N+]#[C-])c1. The van der Waals surface area contributed by atoms with Crippen molar-refractivity contribution in [3.63, 3.8) is 0 Å². The van der Waals surface area contributed by atoms with Gasteiger partial charge in [-0.3, -0.25) is 0 Å². The maximum atomic E-state index is 14.9. The van der Waals surface area contributed by atoms with E-state index in [4.69, 9.17) is 34.7 Å². The van der Waals surface area contributed by atoms with E-state index in [9.17, 15) is 29.0 Å². The van der Waals surface area contributed by atoms with Crippen molar-refractivity contribution in [1.82, 2.24) is 19.5 Å². The number of alkyl halides is 3. The molecule has 0 aliphatic carbocycles. The molecule has 0 bridgehead atoms. The van der Waals surface area contributed by atoms with E-state index in [-0.39, 0.29) is 45.1 Å². The molecule has 0 saturated carbocycles. The van der Waals surface area contributed by atoms with Crippen LogP contribution in [0.3, 0.4) is 0 Å². The van der Waals surface area contributed by atoms with Gasteiger partial charge in [-0.1, -0.05) is 121 Å². The Kier molecular flexibility index (Phi) is 12.3. The standard InChI is InChI=1S/C65H33F3N10/c1-38-13-11-18-42(25-38)51-32-46(64-76-62(40-14-7-5-8-15-40)75-63(77-64)41-16-9-6-10-17-41)33-52(43-19-12-20-49(28-43)65(66,67)68)61(51)78-57-23-21-44(59-47(36-70)26-39(35-69)27-55(59)73-3)30-53(57)54-31-45(22-24-58(54)78)60-48(37-71)29-50(72-2)34-56(60)74-4/h5-34H,1H3. The Hall–Kier alpha value is -11.5. The van der Waals surface area contributed by atoms with Crippen molar-refractivity contribution in [1.29, 1.82) is 15.8 Å². The molecule has 0 unspecified atom stereocenters. The van der Waals surface area contributed by atoms with Gasteiger partial charge in [-0.05, 0) is 95.9 Å². The Labute approximate surface area is 445 Å². The van der Waals surface area contributed by atoms with E-state index in [2.05, 4.69) is 26.7 Å². The van der Waals surface area contributed by atoms with Crippen molar-refractivity contribution in [3.05, 3.63) is 244 Å². The van der Waals surface area contributed by atoms with E-state index in [1.54, 1.807) is 24.3 Å². The van der Waals surface area contributed by atoms with Gasteiger partial charge in [-0.2, -0.15) is 29.0 Å². The summed E-state index contributed by atoms with van der Waals surface area (Å²) in [5.74, 6) is 1.01. The van der Waals surface area contributed by atoms with Crippen LogP contribution in [0.4, 0.5) is 30.2 Å². The second kappa shape index (κ2) is 19.7. The first-order valence-electron chi connectivity index (χ1n) is 24.0. The quantitative estimate of drug-likeness (QED) is 0.139. The normalized spacial score (nSPS) is 11.0. The summed E-state index contributed by atoms with van der Waals surface area (Å²) in [7, 11) is 0. The second-order valence-corrected chi connectivity index (χ2v) is 18.2. The Morgan fingerprint density at radius 2 is 0.962 bits per heavy atom. The zero-order valence-corrected chi connectivity index (χ0v) is 40.9. The smallest absolute Gasteiger partial charge is 0.308 e. The zero-order chi connectivity index (χ0) is 54.2. The lowest BCUT2D eigenvalue weighted by atomic mass is 9.91. The van der Waals surface area contributed by atoms with Crippen LogP contribution in [0, 0.1) is 60.6 Å². The largest absolute Gasteiger partial charge is 0.416 e. The number of rotatable bonds is 8. The van der Waals surface area contributed by atoms with Crippen molar-refractivity contribution in [2.24, 2.45) is 0 Å². The third-order valence-corrected chi connectivity index (χ3v) is 13.4. The Balaban J connectivity index is 1.30. The topological polar surface area (TPSA) is 128 Å². The molecule has 0 radical (unpaired) electrons. The molecular weight excluding hydrogens is 978 g/mol. The van der Waals surface area contributed by atoms with Gasteiger partial charge in [-0.15, -0.1) is 0 Å². The molecule has 0 spiro atoms. The lowest BCUT2D eigenvalue weighted by Crippen LogP contribution is -2.06. The number of hydrogen-bond donors (Lipinski definition) is 0. The van der Waals surface area contributed by atoms with E-state index in [0.29, 0.717) is 83.6 Å². The first-order chi connectivity index (χ1) is 37.9. The van der Waals surface area contributed by atoms with Gasteiger partial charge in [0.25, 0.3) is 0 Å². The predicted octanol–water partition coefficient (Wildman–Crippen LogP) is 17.2. The van der Waals surface area contributed by atoms with Gasteiger partial charge in [0.05, 0.1) is 65.8 Å². The van der Waals surface area contributed by atoms with Crippen molar-refractivity contribution < 1.29 is 13.2 Å². The summed E-state index contributed by atoms with van der Waals surface area (Å²) in [5, 5.41) is 31.9. The van der Waals surface area contributed by atoms with Crippen LogP contribution in [0.5, 0.6) is 0 Å². The van der Waals surface area contributed by atoms with Gasteiger partial charge in [-0.25, -0.2) is 29.5 Å². The number of halogens is 3. The highest BCUT2D eigenvalue weighted by atomic mass is 19.4. The number of benzene rings is 9. The van der Waals surface area contributed by atoms with E-state index in [1.807, 2.05) is 133 Å². The molecule has 0 atom stereocenters. The molecule has 0 aliphatic rings. The molecule has 0 amide bonds. The number of nitrogens with zero attached hydrogens (tertiary/aromatic N) is 10. The van der Waals surface area contributed by atoms with E-state index >= 15 is 0 Å². The molecule has 11 aromatic rings. The van der Waals surface area contributed by atoms with Crippen molar-refractivity contribution in [2.45, 2.75) is 13.1 Å². The summed E-state index contributed by atoms with van der Waals surface area (Å²) in [6.07, 6.45) is -4.71. The number of hydrogen-bond acceptors (Lipinski definition) is 6. The van der Waals surface area contributed by atoms with Gasteiger partial charge >= 0.3 is 6.18 Å². The molecule has 0 fully saturated rings. The number of aromatic nitrogens is 4. The van der Waals surface area contributed by atoms with Crippen LogP contribution in [-0.2, 0) is 6.18 Å². The molecule has 0 saturated heterocycles. The minimum absolute atomic E-state index is 0.0722. The number of nitriles is 3. The average Bonchev–Trinajstić information content (AvgIpc) is 4.05. The fourth-order valence-corrected chi connectivity index (χ4v) is 9.96. The third-order valence-electron chi connectivity index (χ3n) is 13.4. The highest BCUT2D eigenvalue weighted by Gasteiger charge is 2.32. The summed E-state index contributed by atoms with van der Waals surface area (Å²) >= 11 is 0. The van der Waals surface area contributed by atoms with Gasteiger partial charge in [0.2, 0.25) is 0 Å². The van der Waals surface area contributed by atoms with E-state index < -0.39 is 11.7 Å². The third kappa shape index (κ3) is 8.75. The van der Waals surface area contributed by atoms with Gasteiger partial charge in [0, 0.05) is 60.8 Å². The first kappa shape index (κ1) is 48.8. The minimum atomic E-state index is -4.71. The molecule has 364 valence electrons. The molecule has 78 heavy (non-hydrogen) atoms. The fourth-order valence-electron chi connectivity index (χ4n) is 9.96. The molecule has 0 N–H and O–H groups in total. The predicted molar refractivity (Wildman–Crippen MR) is 295 cm³/mol. The van der Waals surface area contributed by atoms with Gasteiger partial charge in [0.15, 0.2) is 34.5 Å². The fraction of sp³-hybridized carbons (Fsp3) is 0.0308. The molecule has 0 aliphatic heterocycles. The number of fused-ring (bicyclic) bond motifs is 3. The lowest BCUT2D eigenvalue weighted by molar-refractivity contribution is -0.137. The molecule has 9 aromatic carbocycles. The Morgan fingerprint density at radius 1 is 0.462 bits per heavy atom. The molecule has 2 aromatic heterocycles. The molecular formula is C65H33F3N10. The van der Waals surface area contributed by atoms with Crippen molar-refractivity contribution in [2.75, 3.05) is 0 Å². The Bertz CT molecular complexity index is 4300. The van der Waals surface area contributed by atoms with E-state index in [0.717, 1.165) is 28.8 Å². The monoisotopic (exact) mass is 1010 g/mol. The van der Waals surface area contributed by atoms with Crippen LogP contribution in [0.2, 0.25) is 0 Å². The van der Waals surface area contributed by atoms with Crippen LogP contribution < -0.4 is 0 Å². The second-order valence-electron chi connectivity index (χ2n) is 18.2. The van der Waals surface area contributed by atoms with Crippen LogP contribution in [-0.4, -0.2) is 19.5 Å². The highest BCUT2D eigenvalue weighted by molar-refractivity contribution is 6.14. The molecule has 2 heterocycles. The van der Waals surface area contributed by atoms with Crippen LogP contribution in [0.25, 0.3) is 121 Å². The molecule has 13 heteroatoms. The summed E-state index contributed by atoms with van der Waals surface area (Å²) in [6, 6.07) is 58.4. The first-order valence-corrected chi connectivity index (χ1v) is 24.0. The van der Waals surface area contributed by atoms with Gasteiger partial charge < -0.3 is 4.57 Å². The summed E-state index contributed by atoms with van der Waals surface area (Å²) in [6.45, 7) is 25.9. The zero-order valence-electron chi connectivity index (χ0n) is 40.9. The minimum Gasteiger partial charge on any atom is -0.308 e. The summed E-state index contributed by atoms with van der Waals surface area (Å²) < 4.78 is 46.8. The summed E-state index contributed by atoms with van der Waals surface area (Å²) in [4.78, 5) is 26.0. The van der Waals surface area contributed by atoms with Crippen LogP contribution in [0.1, 0.15) is 27.8 Å². The number of aryl methyl sites for hydroxylation is 1. The average molecular weight is 1010 g/mol. The summed E-state index contributed by atoms with van der Waals surface area (Å²) in [5.41, 5.74) is 7.54. The maximum Gasteiger partial charge on any atom is 0.416 e. The molecule has 11 rings (SSSR count).